The number of amides is 1. The predicted molar refractivity (Wildman–Crippen MR) is 81.1 cm³/mol. The van der Waals surface area contributed by atoms with Gasteiger partial charge in [-0.1, -0.05) is 65.8 Å². The molecule has 112 valence electrons. The van der Waals surface area contributed by atoms with Gasteiger partial charge in [-0.25, -0.2) is 5.06 Å². The number of benzene rings is 2. The summed E-state index contributed by atoms with van der Waals surface area (Å²) in [6, 6.07) is 18.5. The second kappa shape index (κ2) is 6.41. The van der Waals surface area contributed by atoms with Gasteiger partial charge >= 0.3 is 0 Å². The summed E-state index contributed by atoms with van der Waals surface area (Å²) >= 11 is 0. The Hall–Kier alpha value is -2.66. The molecule has 1 amide bonds. The molecule has 0 radical (unpaired) electrons. The van der Waals surface area contributed by atoms with E-state index in [2.05, 4.69) is 5.16 Å². The molecule has 0 aliphatic carbocycles. The van der Waals surface area contributed by atoms with Gasteiger partial charge in [0.2, 0.25) is 0 Å². The molecule has 1 atom stereocenters. The van der Waals surface area contributed by atoms with Crippen molar-refractivity contribution in [3.8, 4) is 0 Å². The van der Waals surface area contributed by atoms with E-state index in [0.29, 0.717) is 13.0 Å². The number of hydroxylamine groups is 2. The molecule has 1 N–H and O–H groups in total. The van der Waals surface area contributed by atoms with E-state index in [1.807, 2.05) is 60.7 Å². The normalized spacial score (nSPS) is 19.7. The van der Waals surface area contributed by atoms with Crippen molar-refractivity contribution >= 4 is 11.6 Å². The van der Waals surface area contributed by atoms with Crippen LogP contribution in [0.2, 0.25) is 0 Å². The third-order valence-electron chi connectivity index (χ3n) is 3.57. The summed E-state index contributed by atoms with van der Waals surface area (Å²) in [4.78, 5) is 17.2. The Bertz CT molecular complexity index is 671. The summed E-state index contributed by atoms with van der Waals surface area (Å²) in [5, 5.41) is 14.6. The fraction of sp³-hybridized carbons (Fsp3) is 0.176. The van der Waals surface area contributed by atoms with Gasteiger partial charge in [-0.15, -0.1) is 0 Å². The Balaban J connectivity index is 1.67. The average molecular weight is 296 g/mol. The summed E-state index contributed by atoms with van der Waals surface area (Å²) in [6.45, 7) is 0.291. The number of hydrogen-bond donors (Lipinski definition) is 1. The zero-order chi connectivity index (χ0) is 15.4. The van der Waals surface area contributed by atoms with Crippen LogP contribution in [-0.4, -0.2) is 21.9 Å². The molecule has 1 heterocycles. The molecule has 5 heteroatoms. The number of rotatable bonds is 4. The molecule has 1 unspecified atom stereocenters. The predicted octanol–water partition coefficient (Wildman–Crippen LogP) is 2.92. The molecular weight excluding hydrogens is 280 g/mol. The van der Waals surface area contributed by atoms with Crippen molar-refractivity contribution in [2.45, 2.75) is 19.1 Å². The van der Waals surface area contributed by atoms with E-state index < -0.39 is 11.9 Å². The van der Waals surface area contributed by atoms with Gasteiger partial charge < -0.3 is 4.84 Å². The molecule has 1 saturated heterocycles. The third-order valence-corrected chi connectivity index (χ3v) is 3.57. The summed E-state index contributed by atoms with van der Waals surface area (Å²) in [5.74, 6) is -0.512. The van der Waals surface area contributed by atoms with Crippen molar-refractivity contribution in [3.63, 3.8) is 0 Å². The molecule has 0 spiro atoms. The summed E-state index contributed by atoms with van der Waals surface area (Å²) in [6.07, 6.45) is 0.328. The van der Waals surface area contributed by atoms with Crippen LogP contribution in [0, 0.1) is 0 Å². The third kappa shape index (κ3) is 2.99. The van der Waals surface area contributed by atoms with Crippen LogP contribution in [0.25, 0.3) is 0 Å². The van der Waals surface area contributed by atoms with Gasteiger partial charge in [0.15, 0.2) is 0 Å². The largest absolute Gasteiger partial charge is 0.391 e. The summed E-state index contributed by atoms with van der Waals surface area (Å²) in [7, 11) is 0. The Kier molecular flexibility index (Phi) is 4.16. The molecule has 1 fully saturated rings. The topological polar surface area (TPSA) is 62.1 Å². The second-order valence-electron chi connectivity index (χ2n) is 5.08. The molecule has 3 rings (SSSR count). The van der Waals surface area contributed by atoms with Crippen molar-refractivity contribution in [2.24, 2.45) is 5.16 Å². The van der Waals surface area contributed by atoms with Crippen LogP contribution >= 0.6 is 0 Å². The maximum Gasteiger partial charge on any atom is 0.295 e. The van der Waals surface area contributed by atoms with E-state index in [0.717, 1.165) is 16.2 Å². The lowest BCUT2D eigenvalue weighted by molar-refractivity contribution is -0.162. The standard InChI is InChI=1S/C17H16N2O3/c20-17-15(18-22-12-13-7-3-1-4-8-13)11-16(19(17)21)14-9-5-2-6-10-14/h1-10,16,21H,11-12H2. The Morgan fingerprint density at radius 1 is 1.09 bits per heavy atom. The van der Waals surface area contributed by atoms with Crippen LogP contribution in [-0.2, 0) is 16.2 Å². The van der Waals surface area contributed by atoms with E-state index in [-0.39, 0.29) is 5.71 Å². The maximum atomic E-state index is 12.0. The van der Waals surface area contributed by atoms with Gasteiger partial charge in [-0.2, -0.15) is 0 Å². The number of hydrogen-bond acceptors (Lipinski definition) is 4. The smallest absolute Gasteiger partial charge is 0.295 e. The number of nitrogens with zero attached hydrogens (tertiary/aromatic N) is 2. The van der Waals surface area contributed by atoms with Gasteiger partial charge in [0.25, 0.3) is 5.91 Å². The fourth-order valence-electron chi connectivity index (χ4n) is 2.40. The highest BCUT2D eigenvalue weighted by molar-refractivity contribution is 6.40. The first kappa shape index (κ1) is 14.3. The lowest BCUT2D eigenvalue weighted by atomic mass is 10.1. The molecule has 0 aromatic heterocycles. The van der Waals surface area contributed by atoms with Gasteiger partial charge in [-0.3, -0.25) is 10.0 Å². The van der Waals surface area contributed by atoms with Gasteiger partial charge in [0.05, 0.1) is 6.04 Å². The van der Waals surface area contributed by atoms with Gasteiger partial charge in [-0.05, 0) is 11.1 Å². The van der Waals surface area contributed by atoms with E-state index in [4.69, 9.17) is 4.84 Å². The molecular formula is C17H16N2O3. The molecule has 0 saturated carbocycles. The minimum absolute atomic E-state index is 0.229. The number of carbonyl (C=O) groups is 1. The molecule has 2 aromatic carbocycles. The van der Waals surface area contributed by atoms with Crippen LogP contribution in [0.15, 0.2) is 65.8 Å². The SMILES string of the molecule is O=C1C(=NOCc2ccccc2)CC(c2ccccc2)N1O. The molecule has 1 aliphatic heterocycles. The highest BCUT2D eigenvalue weighted by Crippen LogP contribution is 2.29. The zero-order valence-corrected chi connectivity index (χ0v) is 11.9. The highest BCUT2D eigenvalue weighted by Gasteiger charge is 2.37. The first-order chi connectivity index (χ1) is 10.8. The van der Waals surface area contributed by atoms with Gasteiger partial charge in [0.1, 0.15) is 12.3 Å². The quantitative estimate of drug-likeness (QED) is 0.697. The van der Waals surface area contributed by atoms with Crippen molar-refractivity contribution in [1.29, 1.82) is 0 Å². The maximum absolute atomic E-state index is 12.0. The molecule has 2 aromatic rings. The molecule has 22 heavy (non-hydrogen) atoms. The van der Waals surface area contributed by atoms with Crippen molar-refractivity contribution < 1.29 is 14.8 Å². The monoisotopic (exact) mass is 296 g/mol. The van der Waals surface area contributed by atoms with Gasteiger partial charge in [0, 0.05) is 6.42 Å². The van der Waals surface area contributed by atoms with Crippen molar-refractivity contribution in [2.75, 3.05) is 0 Å². The van der Waals surface area contributed by atoms with E-state index in [9.17, 15) is 10.0 Å². The Labute approximate surface area is 128 Å². The lowest BCUT2D eigenvalue weighted by Gasteiger charge is -2.16. The minimum Gasteiger partial charge on any atom is -0.391 e. The molecule has 1 aliphatic rings. The minimum atomic E-state index is -0.512. The first-order valence-corrected chi connectivity index (χ1v) is 7.06. The van der Waals surface area contributed by atoms with Crippen molar-refractivity contribution in [3.05, 3.63) is 71.8 Å². The zero-order valence-electron chi connectivity index (χ0n) is 11.9. The lowest BCUT2D eigenvalue weighted by Crippen LogP contribution is -2.25. The fourth-order valence-corrected chi connectivity index (χ4v) is 2.40. The van der Waals surface area contributed by atoms with Crippen LogP contribution in [0.5, 0.6) is 0 Å². The van der Waals surface area contributed by atoms with E-state index in [1.165, 1.54) is 0 Å². The van der Waals surface area contributed by atoms with Crippen LogP contribution in [0.4, 0.5) is 0 Å². The average Bonchev–Trinajstić information content (AvgIpc) is 2.85. The Morgan fingerprint density at radius 3 is 2.41 bits per heavy atom. The number of oxime groups is 1. The highest BCUT2D eigenvalue weighted by atomic mass is 16.6. The number of carbonyl (C=O) groups excluding carboxylic acids is 1. The van der Waals surface area contributed by atoms with Crippen LogP contribution < -0.4 is 0 Å². The summed E-state index contributed by atoms with van der Waals surface area (Å²) < 4.78 is 0. The van der Waals surface area contributed by atoms with E-state index >= 15 is 0 Å². The summed E-state index contributed by atoms with van der Waals surface area (Å²) in [5.41, 5.74) is 2.07. The first-order valence-electron chi connectivity index (χ1n) is 7.06. The van der Waals surface area contributed by atoms with Crippen LogP contribution in [0.3, 0.4) is 0 Å². The molecule has 5 nitrogen and oxygen atoms in total. The second-order valence-corrected chi connectivity index (χ2v) is 5.08. The van der Waals surface area contributed by atoms with Crippen molar-refractivity contribution in [1.82, 2.24) is 5.06 Å². The van der Waals surface area contributed by atoms with Crippen LogP contribution in [0.1, 0.15) is 23.6 Å². The molecule has 0 bridgehead atoms. The van der Waals surface area contributed by atoms with E-state index in [1.54, 1.807) is 0 Å². The Morgan fingerprint density at radius 2 is 1.73 bits per heavy atom.